The minimum Gasteiger partial charge on any atom is -0.507 e. The van der Waals surface area contributed by atoms with Gasteiger partial charge in [-0.2, -0.15) is 0 Å². The second-order valence-electron chi connectivity index (χ2n) is 11.0. The van der Waals surface area contributed by atoms with Crippen LogP contribution in [0.1, 0.15) is 115 Å². The third-order valence-corrected chi connectivity index (χ3v) is 7.15. The predicted octanol–water partition coefficient (Wildman–Crippen LogP) is 8.23. The van der Waals surface area contributed by atoms with Crippen LogP contribution in [0.4, 0.5) is 0 Å². The first-order valence-corrected chi connectivity index (χ1v) is 12.8. The van der Waals surface area contributed by atoms with Gasteiger partial charge in [-0.25, -0.2) is 0 Å². The van der Waals surface area contributed by atoms with Gasteiger partial charge in [0.1, 0.15) is 11.5 Å². The van der Waals surface area contributed by atoms with E-state index in [4.69, 9.17) is 0 Å². The lowest BCUT2D eigenvalue weighted by atomic mass is 9.89. The Morgan fingerprint density at radius 3 is 1.72 bits per heavy atom. The fourth-order valence-corrected chi connectivity index (χ4v) is 4.48. The smallest absolute Gasteiger partial charge is 0.126 e. The average molecular weight is 447 g/mol. The van der Waals surface area contributed by atoms with Crippen molar-refractivity contribution in [3.63, 3.8) is 0 Å². The molecule has 0 unspecified atom stereocenters. The van der Waals surface area contributed by atoms with Gasteiger partial charge in [-0.05, 0) is 63.0 Å². The van der Waals surface area contributed by atoms with E-state index in [0.29, 0.717) is 34.6 Å². The molecule has 0 amide bonds. The number of aromatic hydroxyl groups is 2. The maximum atomic E-state index is 10.8. The minimum atomic E-state index is -0.933. The van der Waals surface area contributed by atoms with Gasteiger partial charge in [0, 0.05) is 11.1 Å². The molecule has 0 aliphatic heterocycles. The Balaban J connectivity index is 2.44. The molecule has 0 bridgehead atoms. The van der Waals surface area contributed by atoms with Gasteiger partial charge in [0.05, 0.1) is 5.60 Å². The van der Waals surface area contributed by atoms with Crippen molar-refractivity contribution in [3.05, 3.63) is 28.3 Å². The molecule has 3 atom stereocenters. The first-order valence-electron chi connectivity index (χ1n) is 12.8. The first kappa shape index (κ1) is 28.6. The van der Waals surface area contributed by atoms with Crippen LogP contribution >= 0.6 is 0 Å². The zero-order valence-corrected chi connectivity index (χ0v) is 22.1. The fourth-order valence-electron chi connectivity index (χ4n) is 4.48. The van der Waals surface area contributed by atoms with Gasteiger partial charge in [-0.15, -0.1) is 0 Å². The number of hydrogen-bond acceptors (Lipinski definition) is 3. The van der Waals surface area contributed by atoms with Crippen molar-refractivity contribution in [2.75, 3.05) is 0 Å². The summed E-state index contributed by atoms with van der Waals surface area (Å²) >= 11 is 0. The van der Waals surface area contributed by atoms with Crippen molar-refractivity contribution < 1.29 is 15.3 Å². The van der Waals surface area contributed by atoms with Gasteiger partial charge in [-0.3, -0.25) is 0 Å². The van der Waals surface area contributed by atoms with Gasteiger partial charge >= 0.3 is 0 Å². The molecule has 1 aromatic carbocycles. The molecule has 0 aromatic heterocycles. The molecule has 0 saturated carbocycles. The van der Waals surface area contributed by atoms with Crippen molar-refractivity contribution in [1.29, 1.82) is 0 Å². The zero-order valence-electron chi connectivity index (χ0n) is 22.1. The Morgan fingerprint density at radius 1 is 0.719 bits per heavy atom. The quantitative estimate of drug-likeness (QED) is 0.252. The molecule has 0 radical (unpaired) electrons. The number of hydrogen-bond donors (Lipinski definition) is 3. The summed E-state index contributed by atoms with van der Waals surface area (Å²) in [5.41, 5.74) is 1.67. The van der Waals surface area contributed by atoms with Crippen LogP contribution in [0, 0.1) is 38.5 Å². The van der Waals surface area contributed by atoms with Crippen LogP contribution in [0.15, 0.2) is 6.08 Å². The molecule has 1 rings (SSSR count). The molecule has 1 aromatic rings. The fraction of sp³-hybridized carbons (Fsp3) is 0.724. The van der Waals surface area contributed by atoms with E-state index >= 15 is 0 Å². The van der Waals surface area contributed by atoms with Crippen molar-refractivity contribution in [2.45, 2.75) is 119 Å². The Labute approximate surface area is 198 Å². The monoisotopic (exact) mass is 446 g/mol. The summed E-state index contributed by atoms with van der Waals surface area (Å²) in [6.07, 6.45) is 14.3. The third-order valence-electron chi connectivity index (χ3n) is 7.15. The molecule has 184 valence electrons. The van der Waals surface area contributed by atoms with Crippen LogP contribution in [0.2, 0.25) is 0 Å². The van der Waals surface area contributed by atoms with Crippen molar-refractivity contribution in [2.24, 2.45) is 17.8 Å². The molecule has 3 N–H and O–H groups in total. The molecular formula is C29H50O3. The molecule has 0 fully saturated rings. The van der Waals surface area contributed by atoms with Crippen LogP contribution in [0.3, 0.4) is 0 Å². The van der Waals surface area contributed by atoms with Gasteiger partial charge in [0.15, 0.2) is 0 Å². The standard InChI is InChI=1S/C29H50O3/c1-20(2)12-9-13-21(3)14-10-15-22(4)16-11-18-29(8,32)19-17-26-25(7)27(30)23(5)24(6)28(26)31/h17,19-22,30-32H,9-16,18H2,1-8H3/t21-,22-,29-/m0/s1. The average Bonchev–Trinajstić information content (AvgIpc) is 2.70. The molecule has 3 heteroatoms. The first-order chi connectivity index (χ1) is 14.9. The number of benzene rings is 1. The zero-order chi connectivity index (χ0) is 24.5. The number of rotatable bonds is 14. The summed E-state index contributed by atoms with van der Waals surface area (Å²) in [6.45, 7) is 16.5. The number of phenols is 2. The number of phenolic OH excluding ortho intramolecular Hbond substituents is 2. The van der Waals surface area contributed by atoms with E-state index in [-0.39, 0.29) is 11.5 Å². The highest BCUT2D eigenvalue weighted by Gasteiger charge is 2.19. The van der Waals surface area contributed by atoms with Crippen LogP contribution in [0.5, 0.6) is 11.5 Å². The van der Waals surface area contributed by atoms with E-state index in [1.807, 2.05) is 6.92 Å². The van der Waals surface area contributed by atoms with E-state index in [1.165, 1.54) is 38.5 Å². The highest BCUT2D eigenvalue weighted by molar-refractivity contribution is 5.69. The predicted molar refractivity (Wildman–Crippen MR) is 138 cm³/mol. The highest BCUT2D eigenvalue weighted by atomic mass is 16.3. The molecule has 32 heavy (non-hydrogen) atoms. The van der Waals surface area contributed by atoms with Crippen LogP contribution in [0.25, 0.3) is 6.08 Å². The molecule has 0 saturated heterocycles. The number of aliphatic hydroxyl groups is 1. The normalized spacial score (nSPS) is 15.9. The van der Waals surface area contributed by atoms with Gasteiger partial charge < -0.3 is 15.3 Å². The van der Waals surface area contributed by atoms with Crippen LogP contribution in [-0.2, 0) is 0 Å². The Hall–Kier alpha value is -1.48. The molecule has 0 heterocycles. The summed E-state index contributed by atoms with van der Waals surface area (Å²) in [5.74, 6) is 2.72. The lowest BCUT2D eigenvalue weighted by Gasteiger charge is -2.21. The molecule has 0 aliphatic rings. The summed E-state index contributed by atoms with van der Waals surface area (Å²) in [7, 11) is 0. The highest BCUT2D eigenvalue weighted by Crippen LogP contribution is 2.37. The van der Waals surface area contributed by atoms with Gasteiger partial charge in [0.2, 0.25) is 0 Å². The lowest BCUT2D eigenvalue weighted by Crippen LogP contribution is -2.20. The molecule has 3 nitrogen and oxygen atoms in total. The summed E-state index contributed by atoms with van der Waals surface area (Å²) in [6, 6.07) is 0. The van der Waals surface area contributed by atoms with E-state index in [1.54, 1.807) is 32.9 Å². The van der Waals surface area contributed by atoms with E-state index in [2.05, 4.69) is 27.7 Å². The van der Waals surface area contributed by atoms with E-state index in [9.17, 15) is 15.3 Å². The van der Waals surface area contributed by atoms with Crippen molar-refractivity contribution >= 4 is 6.08 Å². The maximum absolute atomic E-state index is 10.8. The summed E-state index contributed by atoms with van der Waals surface area (Å²) < 4.78 is 0. The van der Waals surface area contributed by atoms with E-state index in [0.717, 1.165) is 24.7 Å². The van der Waals surface area contributed by atoms with Crippen LogP contribution < -0.4 is 0 Å². The topological polar surface area (TPSA) is 60.7 Å². The van der Waals surface area contributed by atoms with Crippen LogP contribution in [-0.4, -0.2) is 20.9 Å². The molecule has 0 spiro atoms. The van der Waals surface area contributed by atoms with Gasteiger partial charge in [-0.1, -0.05) is 91.2 Å². The van der Waals surface area contributed by atoms with Gasteiger partial charge in [0.25, 0.3) is 0 Å². The largest absolute Gasteiger partial charge is 0.507 e. The minimum absolute atomic E-state index is 0.178. The second kappa shape index (κ2) is 13.3. The molecular weight excluding hydrogens is 396 g/mol. The second-order valence-corrected chi connectivity index (χ2v) is 11.0. The Morgan fingerprint density at radius 2 is 1.19 bits per heavy atom. The summed E-state index contributed by atoms with van der Waals surface area (Å²) in [5, 5.41) is 31.6. The van der Waals surface area contributed by atoms with E-state index < -0.39 is 5.60 Å². The molecule has 0 aliphatic carbocycles. The summed E-state index contributed by atoms with van der Waals surface area (Å²) in [4.78, 5) is 0. The Bertz CT molecular complexity index is 701. The Kier molecular flexibility index (Phi) is 11.9. The third kappa shape index (κ3) is 9.57. The lowest BCUT2D eigenvalue weighted by molar-refractivity contribution is 0.0979. The van der Waals surface area contributed by atoms with Crippen molar-refractivity contribution in [1.82, 2.24) is 0 Å². The van der Waals surface area contributed by atoms with Crippen molar-refractivity contribution in [3.8, 4) is 11.5 Å². The SMILES string of the molecule is Cc1c(C)c(O)c(C=C[C@@](C)(O)CCC[C@@H](C)CCC[C@@H](C)CCCC(C)C)c(C)c1O. The maximum Gasteiger partial charge on any atom is 0.126 e.